The highest BCUT2D eigenvalue weighted by Gasteiger charge is 2.12. The van der Waals surface area contributed by atoms with Gasteiger partial charge in [-0.05, 0) is 11.5 Å². The molecule has 1 aromatic rings. The fourth-order valence-corrected chi connectivity index (χ4v) is 1.48. The van der Waals surface area contributed by atoms with Gasteiger partial charge in [0.25, 0.3) is 0 Å². The minimum Gasteiger partial charge on any atom is -0.368 e. The first kappa shape index (κ1) is 12.9. The number of pyridine rings is 1. The Morgan fingerprint density at radius 1 is 1.20 bits per heavy atom. The van der Waals surface area contributed by atoms with E-state index < -0.39 is 0 Å². The normalized spacial score (nSPS) is 11.6. The van der Waals surface area contributed by atoms with Crippen molar-refractivity contribution in [1.29, 1.82) is 0 Å². The van der Waals surface area contributed by atoms with Gasteiger partial charge in [-0.15, -0.1) is 0 Å². The minimum atomic E-state index is 0.150. The summed E-state index contributed by atoms with van der Waals surface area (Å²) in [6.07, 6.45) is 0. The van der Waals surface area contributed by atoms with E-state index >= 15 is 0 Å². The molecule has 0 saturated carbocycles. The lowest BCUT2D eigenvalue weighted by Gasteiger charge is -2.19. The van der Waals surface area contributed by atoms with Gasteiger partial charge in [0.05, 0.1) is 10.0 Å². The second kappa shape index (κ2) is 4.77. The molecule has 15 heavy (non-hydrogen) atoms. The van der Waals surface area contributed by atoms with Crippen LogP contribution in [0.4, 0.5) is 5.82 Å². The van der Waals surface area contributed by atoms with Crippen LogP contribution in [-0.2, 0) is 0 Å². The molecule has 1 rings (SSSR count). The van der Waals surface area contributed by atoms with E-state index in [1.807, 2.05) is 0 Å². The minimum absolute atomic E-state index is 0.150. The van der Waals surface area contributed by atoms with Crippen molar-refractivity contribution in [2.24, 2.45) is 5.41 Å². The van der Waals surface area contributed by atoms with Crippen molar-refractivity contribution < 1.29 is 0 Å². The van der Waals surface area contributed by atoms with E-state index in [1.54, 1.807) is 6.07 Å². The van der Waals surface area contributed by atoms with Gasteiger partial charge in [0.15, 0.2) is 0 Å². The Morgan fingerprint density at radius 2 is 1.80 bits per heavy atom. The van der Waals surface area contributed by atoms with Crippen LogP contribution < -0.4 is 5.32 Å². The summed E-state index contributed by atoms with van der Waals surface area (Å²) in [5, 5.41) is 4.24. The Morgan fingerprint density at radius 3 is 2.33 bits per heavy atom. The molecule has 0 fully saturated rings. The van der Waals surface area contributed by atoms with Crippen molar-refractivity contribution in [3.05, 3.63) is 21.3 Å². The second-order valence-corrected chi connectivity index (χ2v) is 5.68. The lowest BCUT2D eigenvalue weighted by atomic mass is 9.97. The molecule has 0 radical (unpaired) electrons. The molecule has 5 heteroatoms. The Kier molecular flexibility index (Phi) is 4.10. The first-order chi connectivity index (χ1) is 6.79. The van der Waals surface area contributed by atoms with Crippen molar-refractivity contribution in [2.45, 2.75) is 20.8 Å². The number of hydrogen-bond donors (Lipinski definition) is 1. The largest absolute Gasteiger partial charge is 0.368 e. The van der Waals surface area contributed by atoms with Gasteiger partial charge in [-0.25, -0.2) is 4.98 Å². The van der Waals surface area contributed by atoms with Crippen LogP contribution in [0.15, 0.2) is 6.07 Å². The fourth-order valence-electron chi connectivity index (χ4n) is 0.917. The second-order valence-electron chi connectivity index (χ2n) is 4.51. The Labute approximate surface area is 105 Å². The molecule has 1 N–H and O–H groups in total. The van der Waals surface area contributed by atoms with Crippen LogP contribution in [0.2, 0.25) is 15.2 Å². The van der Waals surface area contributed by atoms with Gasteiger partial charge in [-0.1, -0.05) is 55.6 Å². The van der Waals surface area contributed by atoms with Crippen molar-refractivity contribution in [2.75, 3.05) is 11.9 Å². The summed E-state index contributed by atoms with van der Waals surface area (Å²) < 4.78 is 0. The van der Waals surface area contributed by atoms with E-state index in [2.05, 4.69) is 31.1 Å². The Bertz CT molecular complexity index is 358. The zero-order valence-corrected chi connectivity index (χ0v) is 11.1. The molecule has 0 saturated heterocycles. The van der Waals surface area contributed by atoms with E-state index in [0.29, 0.717) is 15.9 Å². The highest BCUT2D eigenvalue weighted by Crippen LogP contribution is 2.29. The number of anilines is 1. The predicted molar refractivity (Wildman–Crippen MR) is 67.2 cm³/mol. The smallest absolute Gasteiger partial charge is 0.150 e. The molecule has 0 spiro atoms. The molecule has 0 aliphatic heterocycles. The first-order valence-corrected chi connectivity index (χ1v) is 5.68. The van der Waals surface area contributed by atoms with Gasteiger partial charge >= 0.3 is 0 Å². The van der Waals surface area contributed by atoms with Crippen LogP contribution in [0.5, 0.6) is 0 Å². The summed E-state index contributed by atoms with van der Waals surface area (Å²) in [6, 6.07) is 1.59. The van der Waals surface area contributed by atoms with Gasteiger partial charge in [0, 0.05) is 6.54 Å². The fraction of sp³-hybridized carbons (Fsp3) is 0.500. The molecule has 0 bridgehead atoms. The van der Waals surface area contributed by atoms with Gasteiger partial charge in [0.2, 0.25) is 0 Å². The van der Waals surface area contributed by atoms with Crippen LogP contribution in [0, 0.1) is 5.41 Å². The Balaban J connectivity index is 2.82. The maximum Gasteiger partial charge on any atom is 0.150 e. The Hall–Kier alpha value is -0.180. The predicted octanol–water partition coefficient (Wildman–Crippen LogP) is 4.50. The van der Waals surface area contributed by atoms with E-state index in [-0.39, 0.29) is 10.6 Å². The molecule has 0 aliphatic carbocycles. The van der Waals surface area contributed by atoms with E-state index in [1.165, 1.54) is 0 Å². The molecule has 1 aromatic heterocycles. The number of nitrogens with zero attached hydrogens (tertiary/aromatic N) is 1. The van der Waals surface area contributed by atoms with Crippen LogP contribution >= 0.6 is 34.8 Å². The van der Waals surface area contributed by atoms with Crippen LogP contribution in [0.25, 0.3) is 0 Å². The number of aromatic nitrogens is 1. The summed E-state index contributed by atoms with van der Waals surface area (Å²) in [4.78, 5) is 4.07. The molecule has 0 aromatic carbocycles. The average molecular weight is 268 g/mol. The topological polar surface area (TPSA) is 24.9 Å². The average Bonchev–Trinajstić information content (AvgIpc) is 2.07. The zero-order valence-electron chi connectivity index (χ0n) is 8.87. The van der Waals surface area contributed by atoms with Crippen molar-refractivity contribution in [3.63, 3.8) is 0 Å². The lowest BCUT2D eigenvalue weighted by molar-refractivity contribution is 0.442. The maximum atomic E-state index is 5.96. The van der Waals surface area contributed by atoms with Gasteiger partial charge < -0.3 is 5.32 Å². The van der Waals surface area contributed by atoms with Crippen LogP contribution in [0.3, 0.4) is 0 Å². The molecule has 1 heterocycles. The summed E-state index contributed by atoms with van der Waals surface area (Å²) in [5.41, 5.74) is 0.150. The van der Waals surface area contributed by atoms with Crippen LogP contribution in [-0.4, -0.2) is 11.5 Å². The molecule has 84 valence electrons. The number of rotatable bonds is 2. The molecular formula is C10H13Cl3N2. The summed E-state index contributed by atoms with van der Waals surface area (Å²) in [5.74, 6) is 0.570. The summed E-state index contributed by atoms with van der Waals surface area (Å²) in [7, 11) is 0. The van der Waals surface area contributed by atoms with Crippen molar-refractivity contribution in [3.8, 4) is 0 Å². The molecule has 2 nitrogen and oxygen atoms in total. The van der Waals surface area contributed by atoms with Gasteiger partial charge in [-0.3, -0.25) is 0 Å². The molecule has 0 unspecified atom stereocenters. The molecule has 0 amide bonds. The van der Waals surface area contributed by atoms with E-state index in [4.69, 9.17) is 34.8 Å². The third kappa shape index (κ3) is 4.06. The molecule has 0 aliphatic rings. The van der Waals surface area contributed by atoms with Crippen molar-refractivity contribution in [1.82, 2.24) is 4.98 Å². The standard InChI is InChI=1S/C10H13Cl3N2/c1-10(2,3)5-14-9-7(12)4-6(11)8(13)15-9/h4H,5H2,1-3H3,(H,14,15). The highest BCUT2D eigenvalue weighted by atomic mass is 35.5. The number of nitrogens with one attached hydrogen (secondary N) is 1. The highest BCUT2D eigenvalue weighted by molar-refractivity contribution is 6.42. The summed E-state index contributed by atoms with van der Waals surface area (Å²) in [6.45, 7) is 7.11. The molecule has 0 atom stereocenters. The third-order valence-electron chi connectivity index (χ3n) is 1.67. The van der Waals surface area contributed by atoms with Crippen molar-refractivity contribution >= 4 is 40.6 Å². The lowest BCUT2D eigenvalue weighted by Crippen LogP contribution is -2.19. The maximum absolute atomic E-state index is 5.96. The third-order valence-corrected chi connectivity index (χ3v) is 2.63. The quantitative estimate of drug-likeness (QED) is 0.798. The van der Waals surface area contributed by atoms with Gasteiger partial charge in [-0.2, -0.15) is 0 Å². The number of halogens is 3. The van der Waals surface area contributed by atoms with E-state index in [9.17, 15) is 0 Å². The molecular weight excluding hydrogens is 254 g/mol. The zero-order chi connectivity index (χ0) is 11.6. The van der Waals surface area contributed by atoms with E-state index in [0.717, 1.165) is 6.54 Å². The summed E-state index contributed by atoms with van der Waals surface area (Å²) >= 11 is 17.5. The number of hydrogen-bond acceptors (Lipinski definition) is 2. The van der Waals surface area contributed by atoms with Crippen LogP contribution in [0.1, 0.15) is 20.8 Å². The monoisotopic (exact) mass is 266 g/mol. The first-order valence-electron chi connectivity index (χ1n) is 4.55. The SMILES string of the molecule is CC(C)(C)CNc1nc(Cl)c(Cl)cc1Cl. The van der Waals surface area contributed by atoms with Gasteiger partial charge in [0.1, 0.15) is 11.0 Å².